The Labute approximate surface area is 175 Å². The molecule has 3 aromatic rings. The molecule has 4 heterocycles. The van der Waals surface area contributed by atoms with E-state index in [2.05, 4.69) is 15.3 Å². The third kappa shape index (κ3) is 4.35. The van der Waals surface area contributed by atoms with E-state index in [1.165, 1.54) is 11.8 Å². The summed E-state index contributed by atoms with van der Waals surface area (Å²) < 4.78 is 6.68. The van der Waals surface area contributed by atoms with Crippen molar-refractivity contribution in [2.75, 3.05) is 38.5 Å². The molecule has 3 aromatic heterocycles. The van der Waals surface area contributed by atoms with Crippen LogP contribution in [0.25, 0.3) is 16.2 Å². The molecule has 0 bridgehead atoms. The smallest absolute Gasteiger partial charge is 0.409 e. The highest BCUT2D eigenvalue weighted by molar-refractivity contribution is 7.99. The normalized spacial score (nSPS) is 14.4. The van der Waals surface area contributed by atoms with Crippen molar-refractivity contribution in [1.29, 1.82) is 0 Å². The van der Waals surface area contributed by atoms with Crippen LogP contribution >= 0.6 is 23.1 Å². The van der Waals surface area contributed by atoms with Crippen LogP contribution in [-0.4, -0.2) is 80.2 Å². The summed E-state index contributed by atoms with van der Waals surface area (Å²) >= 11 is 2.93. The first-order chi connectivity index (χ1) is 14.2. The first kappa shape index (κ1) is 19.6. The van der Waals surface area contributed by atoms with Gasteiger partial charge in [0.25, 0.3) is 0 Å². The fraction of sp³-hybridized carbons (Fsp3) is 0.389. The second kappa shape index (κ2) is 8.78. The van der Waals surface area contributed by atoms with Crippen LogP contribution in [0.2, 0.25) is 0 Å². The standard InChI is InChI=1S/C18H20N6O3S2/c1-2-27-18(26)23-9-7-22(8-10-23)16(25)12-29-17-20-19-15-6-5-13(21-24(15)17)14-4-3-11-28-14/h3-6,11H,2,7-10,12H2,1H3. The Morgan fingerprint density at radius 3 is 2.66 bits per heavy atom. The van der Waals surface area contributed by atoms with Crippen molar-refractivity contribution in [3.8, 4) is 10.6 Å². The quantitative estimate of drug-likeness (QED) is 0.571. The summed E-state index contributed by atoms with van der Waals surface area (Å²) in [5.41, 5.74) is 1.49. The second-order valence-corrected chi connectivity index (χ2v) is 8.19. The number of thioether (sulfide) groups is 1. The zero-order valence-electron chi connectivity index (χ0n) is 15.9. The Balaban J connectivity index is 1.37. The van der Waals surface area contributed by atoms with Crippen molar-refractivity contribution in [3.63, 3.8) is 0 Å². The van der Waals surface area contributed by atoms with Gasteiger partial charge in [0.1, 0.15) is 5.69 Å². The highest BCUT2D eigenvalue weighted by atomic mass is 32.2. The van der Waals surface area contributed by atoms with Crippen molar-refractivity contribution in [2.45, 2.75) is 12.1 Å². The van der Waals surface area contributed by atoms with Gasteiger partial charge in [-0.2, -0.15) is 9.61 Å². The second-order valence-electron chi connectivity index (χ2n) is 6.30. The fourth-order valence-electron chi connectivity index (χ4n) is 2.99. The summed E-state index contributed by atoms with van der Waals surface area (Å²) in [5, 5.41) is 15.5. The van der Waals surface area contributed by atoms with Gasteiger partial charge in [-0.15, -0.1) is 21.5 Å². The summed E-state index contributed by atoms with van der Waals surface area (Å²) in [6.07, 6.45) is -0.323. The minimum absolute atomic E-state index is 0.00432. The van der Waals surface area contributed by atoms with Gasteiger partial charge in [-0.1, -0.05) is 17.8 Å². The highest BCUT2D eigenvalue weighted by Crippen LogP contribution is 2.24. The van der Waals surface area contributed by atoms with E-state index >= 15 is 0 Å². The SMILES string of the molecule is CCOC(=O)N1CCN(C(=O)CSc2nnc3ccc(-c4cccs4)nn23)CC1. The lowest BCUT2D eigenvalue weighted by Crippen LogP contribution is -2.51. The average Bonchev–Trinajstić information content (AvgIpc) is 3.42. The number of amides is 2. The number of hydrogen-bond donors (Lipinski definition) is 0. The molecule has 2 amide bonds. The Morgan fingerprint density at radius 2 is 1.93 bits per heavy atom. The molecule has 11 heteroatoms. The van der Waals surface area contributed by atoms with Gasteiger partial charge in [-0.05, 0) is 30.5 Å². The number of aromatic nitrogens is 4. The monoisotopic (exact) mass is 432 g/mol. The van der Waals surface area contributed by atoms with Gasteiger partial charge >= 0.3 is 6.09 Å². The summed E-state index contributed by atoms with van der Waals surface area (Å²) in [6.45, 7) is 4.09. The van der Waals surface area contributed by atoms with Gasteiger partial charge in [0, 0.05) is 26.2 Å². The molecule has 1 aliphatic rings. The van der Waals surface area contributed by atoms with Gasteiger partial charge in [-0.25, -0.2) is 4.79 Å². The largest absolute Gasteiger partial charge is 0.450 e. The van der Waals surface area contributed by atoms with Crippen LogP contribution in [0.15, 0.2) is 34.8 Å². The Hall–Kier alpha value is -2.66. The van der Waals surface area contributed by atoms with E-state index in [9.17, 15) is 9.59 Å². The Kier molecular flexibility index (Phi) is 5.95. The molecule has 9 nitrogen and oxygen atoms in total. The highest BCUT2D eigenvalue weighted by Gasteiger charge is 2.25. The van der Waals surface area contributed by atoms with Crippen LogP contribution in [0.4, 0.5) is 4.79 Å². The molecule has 1 fully saturated rings. The molecule has 0 N–H and O–H groups in total. The number of hydrogen-bond acceptors (Lipinski definition) is 8. The van der Waals surface area contributed by atoms with Crippen LogP contribution in [0.1, 0.15) is 6.92 Å². The lowest BCUT2D eigenvalue weighted by atomic mass is 10.3. The van der Waals surface area contributed by atoms with Crippen LogP contribution < -0.4 is 0 Å². The minimum Gasteiger partial charge on any atom is -0.450 e. The molecule has 152 valence electrons. The third-order valence-corrected chi connectivity index (χ3v) is 6.29. The zero-order valence-corrected chi connectivity index (χ0v) is 17.5. The first-order valence-electron chi connectivity index (χ1n) is 9.24. The summed E-state index contributed by atoms with van der Waals surface area (Å²) in [4.78, 5) is 28.8. The first-order valence-corrected chi connectivity index (χ1v) is 11.1. The Bertz CT molecular complexity index is 998. The number of carbonyl (C=O) groups is 2. The molecule has 0 spiro atoms. The van der Waals surface area contributed by atoms with E-state index in [0.717, 1.165) is 10.6 Å². The van der Waals surface area contributed by atoms with E-state index in [4.69, 9.17) is 4.74 Å². The van der Waals surface area contributed by atoms with Crippen molar-refractivity contribution in [1.82, 2.24) is 29.6 Å². The third-order valence-electron chi connectivity index (χ3n) is 4.49. The van der Waals surface area contributed by atoms with Crippen molar-refractivity contribution >= 4 is 40.7 Å². The van der Waals surface area contributed by atoms with Gasteiger partial charge in [0.05, 0.1) is 17.2 Å². The van der Waals surface area contributed by atoms with Crippen LogP contribution in [0.3, 0.4) is 0 Å². The van der Waals surface area contributed by atoms with E-state index < -0.39 is 0 Å². The number of nitrogens with zero attached hydrogens (tertiary/aromatic N) is 6. The van der Waals surface area contributed by atoms with E-state index in [0.29, 0.717) is 43.6 Å². The van der Waals surface area contributed by atoms with Crippen LogP contribution in [0, 0.1) is 0 Å². The van der Waals surface area contributed by atoms with Gasteiger partial charge in [0.15, 0.2) is 5.65 Å². The summed E-state index contributed by atoms with van der Waals surface area (Å²) in [6, 6.07) is 7.78. The van der Waals surface area contributed by atoms with Gasteiger partial charge in [-0.3, -0.25) is 4.79 Å². The molecule has 1 aliphatic heterocycles. The van der Waals surface area contributed by atoms with Crippen molar-refractivity contribution < 1.29 is 14.3 Å². The fourth-order valence-corrected chi connectivity index (χ4v) is 4.47. The molecule has 0 saturated carbocycles. The molecule has 1 saturated heterocycles. The number of rotatable bonds is 5. The number of piperazine rings is 1. The van der Waals surface area contributed by atoms with Crippen LogP contribution in [0.5, 0.6) is 0 Å². The molecule has 0 aromatic carbocycles. The molecular weight excluding hydrogens is 412 g/mol. The topological polar surface area (TPSA) is 92.9 Å². The Morgan fingerprint density at radius 1 is 1.14 bits per heavy atom. The predicted molar refractivity (Wildman–Crippen MR) is 110 cm³/mol. The van der Waals surface area contributed by atoms with Gasteiger partial charge in [0.2, 0.25) is 11.1 Å². The summed E-state index contributed by atoms with van der Waals surface area (Å²) in [7, 11) is 0. The lowest BCUT2D eigenvalue weighted by molar-refractivity contribution is -0.129. The van der Waals surface area contributed by atoms with Crippen molar-refractivity contribution in [2.24, 2.45) is 0 Å². The maximum atomic E-state index is 12.6. The van der Waals surface area contributed by atoms with E-state index in [-0.39, 0.29) is 17.8 Å². The maximum absolute atomic E-state index is 12.6. The number of ether oxygens (including phenoxy) is 1. The molecule has 0 aliphatic carbocycles. The average molecular weight is 433 g/mol. The molecule has 0 unspecified atom stereocenters. The molecule has 4 rings (SSSR count). The lowest BCUT2D eigenvalue weighted by Gasteiger charge is -2.33. The number of thiophene rings is 1. The molecule has 0 atom stereocenters. The van der Waals surface area contributed by atoms with E-state index in [1.807, 2.05) is 29.6 Å². The van der Waals surface area contributed by atoms with E-state index in [1.54, 1.807) is 32.6 Å². The zero-order chi connectivity index (χ0) is 20.2. The number of carbonyl (C=O) groups excluding carboxylic acids is 2. The number of fused-ring (bicyclic) bond motifs is 1. The minimum atomic E-state index is -0.323. The van der Waals surface area contributed by atoms with Crippen molar-refractivity contribution in [3.05, 3.63) is 29.6 Å². The summed E-state index contributed by atoms with van der Waals surface area (Å²) in [5.74, 6) is 0.246. The molecular formula is C18H20N6O3S2. The molecule has 0 radical (unpaired) electrons. The maximum Gasteiger partial charge on any atom is 0.409 e. The molecule has 29 heavy (non-hydrogen) atoms. The predicted octanol–water partition coefficient (Wildman–Crippen LogP) is 2.25. The van der Waals surface area contributed by atoms with Gasteiger partial charge < -0.3 is 14.5 Å². The van der Waals surface area contributed by atoms with Crippen LogP contribution in [-0.2, 0) is 9.53 Å².